The van der Waals surface area contributed by atoms with Gasteiger partial charge in [0.05, 0.1) is 6.20 Å². The fraction of sp³-hybridized carbons (Fsp3) is 0.636. The average Bonchev–Trinajstić information content (AvgIpc) is 2.31. The summed E-state index contributed by atoms with van der Waals surface area (Å²) < 4.78 is 0. The van der Waals surface area contributed by atoms with E-state index >= 15 is 0 Å². The molecule has 1 aliphatic rings. The number of nitrogens with one attached hydrogen (secondary N) is 1. The Morgan fingerprint density at radius 1 is 1.44 bits per heavy atom. The van der Waals surface area contributed by atoms with Crippen LogP contribution in [-0.2, 0) is 0 Å². The van der Waals surface area contributed by atoms with Gasteiger partial charge < -0.3 is 10.2 Å². The van der Waals surface area contributed by atoms with E-state index in [4.69, 9.17) is 11.6 Å². The van der Waals surface area contributed by atoms with Crippen LogP contribution in [0.4, 0.5) is 5.82 Å². The van der Waals surface area contributed by atoms with E-state index in [1.54, 1.807) is 12.5 Å². The van der Waals surface area contributed by atoms with Gasteiger partial charge in [-0.1, -0.05) is 11.6 Å². The number of nitrogens with zero attached hydrogens (tertiary/aromatic N) is 3. The maximum absolute atomic E-state index is 6.08. The standard InChI is InChI=1S/C11H17ClN4/c1-11(13-2)3-5-16(6-4-11)10-9(12)7-14-8-15-10/h7-8,13H,3-6H2,1-2H3. The molecule has 1 aromatic rings. The van der Waals surface area contributed by atoms with Gasteiger partial charge in [0.1, 0.15) is 11.3 Å². The maximum atomic E-state index is 6.08. The molecule has 0 aromatic carbocycles. The van der Waals surface area contributed by atoms with Crippen molar-refractivity contribution in [1.29, 1.82) is 0 Å². The molecule has 16 heavy (non-hydrogen) atoms. The lowest BCUT2D eigenvalue weighted by atomic mass is 9.90. The molecule has 0 amide bonds. The molecule has 5 heteroatoms. The molecule has 0 atom stereocenters. The van der Waals surface area contributed by atoms with Gasteiger partial charge >= 0.3 is 0 Å². The van der Waals surface area contributed by atoms with Crippen molar-refractivity contribution in [3.63, 3.8) is 0 Å². The second kappa shape index (κ2) is 4.55. The summed E-state index contributed by atoms with van der Waals surface area (Å²) in [4.78, 5) is 10.4. The predicted octanol–water partition coefficient (Wildman–Crippen LogP) is 1.71. The first-order chi connectivity index (χ1) is 7.64. The molecule has 1 N–H and O–H groups in total. The molecule has 1 aliphatic heterocycles. The molecular formula is C11H17ClN4. The Morgan fingerprint density at radius 3 is 2.69 bits per heavy atom. The Balaban J connectivity index is 2.07. The van der Waals surface area contributed by atoms with Crippen LogP contribution in [0.25, 0.3) is 0 Å². The minimum absolute atomic E-state index is 0.246. The topological polar surface area (TPSA) is 41.0 Å². The van der Waals surface area contributed by atoms with Crippen LogP contribution in [0.15, 0.2) is 12.5 Å². The van der Waals surface area contributed by atoms with E-state index in [-0.39, 0.29) is 5.54 Å². The molecule has 0 unspecified atom stereocenters. The number of rotatable bonds is 2. The van der Waals surface area contributed by atoms with Crippen molar-refractivity contribution in [3.8, 4) is 0 Å². The van der Waals surface area contributed by atoms with E-state index < -0.39 is 0 Å². The normalized spacial score (nSPS) is 19.8. The van der Waals surface area contributed by atoms with Crippen molar-refractivity contribution < 1.29 is 0 Å². The molecule has 1 fully saturated rings. The summed E-state index contributed by atoms with van der Waals surface area (Å²) in [5.74, 6) is 0.856. The molecule has 88 valence electrons. The van der Waals surface area contributed by atoms with Crippen molar-refractivity contribution in [3.05, 3.63) is 17.5 Å². The van der Waals surface area contributed by atoms with Crippen LogP contribution >= 0.6 is 11.6 Å². The molecule has 1 aromatic heterocycles. The van der Waals surface area contributed by atoms with Crippen molar-refractivity contribution >= 4 is 17.4 Å². The zero-order valence-electron chi connectivity index (χ0n) is 9.70. The highest BCUT2D eigenvalue weighted by Gasteiger charge is 2.29. The van der Waals surface area contributed by atoms with E-state index in [2.05, 4.69) is 27.1 Å². The molecule has 4 nitrogen and oxygen atoms in total. The van der Waals surface area contributed by atoms with E-state index in [9.17, 15) is 0 Å². The number of piperidine rings is 1. The number of hydrogen-bond donors (Lipinski definition) is 1. The highest BCUT2D eigenvalue weighted by atomic mass is 35.5. The molecule has 1 saturated heterocycles. The summed E-state index contributed by atoms with van der Waals surface area (Å²) in [6, 6.07) is 0. The van der Waals surface area contributed by atoms with E-state index in [1.165, 1.54) is 0 Å². The molecule has 0 aliphatic carbocycles. The Bertz CT molecular complexity index is 361. The first-order valence-electron chi connectivity index (χ1n) is 5.54. The summed E-state index contributed by atoms with van der Waals surface area (Å²) >= 11 is 6.08. The van der Waals surface area contributed by atoms with E-state index in [1.807, 2.05) is 7.05 Å². The summed E-state index contributed by atoms with van der Waals surface area (Å²) in [7, 11) is 2.02. The van der Waals surface area contributed by atoms with Gasteiger partial charge in [-0.2, -0.15) is 0 Å². The summed E-state index contributed by atoms with van der Waals surface area (Å²) in [6.07, 6.45) is 5.40. The van der Waals surface area contributed by atoms with Crippen LogP contribution in [0.3, 0.4) is 0 Å². The lowest BCUT2D eigenvalue weighted by Crippen LogP contribution is -2.50. The third kappa shape index (κ3) is 2.28. The van der Waals surface area contributed by atoms with Crippen LogP contribution in [0.2, 0.25) is 5.02 Å². The number of aromatic nitrogens is 2. The molecule has 0 saturated carbocycles. The smallest absolute Gasteiger partial charge is 0.150 e. The lowest BCUT2D eigenvalue weighted by molar-refractivity contribution is 0.304. The number of hydrogen-bond acceptors (Lipinski definition) is 4. The van der Waals surface area contributed by atoms with Crippen molar-refractivity contribution in [2.75, 3.05) is 25.0 Å². The fourth-order valence-electron chi connectivity index (χ4n) is 2.00. The molecule has 0 radical (unpaired) electrons. The second-order valence-electron chi connectivity index (χ2n) is 4.49. The summed E-state index contributed by atoms with van der Waals surface area (Å²) in [6.45, 7) is 4.22. The van der Waals surface area contributed by atoms with Crippen molar-refractivity contribution in [2.24, 2.45) is 0 Å². The van der Waals surface area contributed by atoms with Gasteiger partial charge in [0, 0.05) is 18.6 Å². The first kappa shape index (κ1) is 11.6. The quantitative estimate of drug-likeness (QED) is 0.855. The van der Waals surface area contributed by atoms with Crippen molar-refractivity contribution in [1.82, 2.24) is 15.3 Å². The molecule has 0 bridgehead atoms. The van der Waals surface area contributed by atoms with Gasteiger partial charge in [0.15, 0.2) is 5.82 Å². The molecule has 0 spiro atoms. The highest BCUT2D eigenvalue weighted by molar-refractivity contribution is 6.32. The second-order valence-corrected chi connectivity index (χ2v) is 4.90. The van der Waals surface area contributed by atoms with Gasteiger partial charge in [-0.25, -0.2) is 9.97 Å². The van der Waals surface area contributed by atoms with E-state index in [0.29, 0.717) is 5.02 Å². The van der Waals surface area contributed by atoms with Gasteiger partial charge in [-0.3, -0.25) is 0 Å². The Hall–Kier alpha value is -0.870. The van der Waals surface area contributed by atoms with E-state index in [0.717, 1.165) is 31.7 Å². The van der Waals surface area contributed by atoms with Crippen LogP contribution in [-0.4, -0.2) is 35.6 Å². The SMILES string of the molecule is CNC1(C)CCN(c2ncncc2Cl)CC1. The molecule has 2 heterocycles. The summed E-state index contributed by atoms with van der Waals surface area (Å²) in [5.41, 5.74) is 0.246. The van der Waals surface area contributed by atoms with Gasteiger partial charge in [0.25, 0.3) is 0 Å². The average molecular weight is 241 g/mol. The maximum Gasteiger partial charge on any atom is 0.150 e. The third-order valence-corrected chi connectivity index (χ3v) is 3.68. The van der Waals surface area contributed by atoms with Crippen LogP contribution in [0, 0.1) is 0 Å². The Labute approximate surface area is 101 Å². The monoisotopic (exact) mass is 240 g/mol. The number of halogens is 1. The molecular weight excluding hydrogens is 224 g/mol. The predicted molar refractivity (Wildman–Crippen MR) is 66.0 cm³/mol. The van der Waals surface area contributed by atoms with Crippen LogP contribution in [0.5, 0.6) is 0 Å². The lowest BCUT2D eigenvalue weighted by Gasteiger charge is -2.39. The number of anilines is 1. The first-order valence-corrected chi connectivity index (χ1v) is 5.92. The highest BCUT2D eigenvalue weighted by Crippen LogP contribution is 2.28. The van der Waals surface area contributed by atoms with Crippen molar-refractivity contribution in [2.45, 2.75) is 25.3 Å². The van der Waals surface area contributed by atoms with Gasteiger partial charge in [0.2, 0.25) is 0 Å². The minimum Gasteiger partial charge on any atom is -0.355 e. The Kier molecular flexibility index (Phi) is 3.30. The van der Waals surface area contributed by atoms with Gasteiger partial charge in [-0.05, 0) is 26.8 Å². The zero-order valence-corrected chi connectivity index (χ0v) is 10.5. The third-order valence-electron chi connectivity index (χ3n) is 3.42. The van der Waals surface area contributed by atoms with Gasteiger partial charge in [-0.15, -0.1) is 0 Å². The fourth-order valence-corrected chi connectivity index (χ4v) is 2.23. The largest absolute Gasteiger partial charge is 0.355 e. The Morgan fingerprint density at radius 2 is 2.12 bits per heavy atom. The minimum atomic E-state index is 0.246. The van der Waals surface area contributed by atoms with Crippen LogP contribution in [0.1, 0.15) is 19.8 Å². The zero-order chi connectivity index (χ0) is 11.6. The van der Waals surface area contributed by atoms with Crippen LogP contribution < -0.4 is 10.2 Å². The summed E-state index contributed by atoms with van der Waals surface area (Å²) in [5, 5.41) is 4.01. The molecule has 2 rings (SSSR count).